The van der Waals surface area contributed by atoms with Gasteiger partial charge in [-0.05, 0) is 31.9 Å². The highest BCUT2D eigenvalue weighted by Gasteiger charge is 2.24. The third-order valence-electron chi connectivity index (χ3n) is 4.85. The molecule has 1 amide bonds. The van der Waals surface area contributed by atoms with Crippen LogP contribution in [0.25, 0.3) is 11.0 Å². The zero-order chi connectivity index (χ0) is 18.0. The monoisotopic (exact) mass is 339 g/mol. The highest BCUT2D eigenvalue weighted by molar-refractivity contribution is 5.80. The number of H-pyrrole nitrogens is 2. The van der Waals surface area contributed by atoms with Crippen LogP contribution in [-0.4, -0.2) is 26.1 Å². The van der Waals surface area contributed by atoms with Crippen LogP contribution in [0.4, 0.5) is 0 Å². The van der Waals surface area contributed by atoms with Gasteiger partial charge in [-0.3, -0.25) is 9.89 Å². The van der Waals surface area contributed by atoms with Gasteiger partial charge in [-0.25, -0.2) is 4.98 Å². The Morgan fingerprint density at radius 3 is 2.68 bits per heavy atom. The van der Waals surface area contributed by atoms with Gasteiger partial charge >= 0.3 is 0 Å². The predicted octanol–water partition coefficient (Wildman–Crippen LogP) is 3.35. The fourth-order valence-corrected chi connectivity index (χ4v) is 3.06. The van der Waals surface area contributed by atoms with Gasteiger partial charge in [0.1, 0.15) is 5.82 Å². The Bertz CT molecular complexity index is 826. The maximum Gasteiger partial charge on any atom is 0.225 e. The normalized spacial score (nSPS) is 13.8. The molecule has 25 heavy (non-hydrogen) atoms. The van der Waals surface area contributed by atoms with E-state index in [1.807, 2.05) is 38.1 Å². The van der Waals surface area contributed by atoms with Crippen molar-refractivity contribution < 1.29 is 4.79 Å². The van der Waals surface area contributed by atoms with Gasteiger partial charge in [0.05, 0.1) is 29.2 Å². The fraction of sp³-hybridized carbons (Fsp3) is 0.421. The number of aromatic nitrogens is 4. The number of amides is 1. The maximum absolute atomic E-state index is 12.6. The number of hydrogen-bond acceptors (Lipinski definition) is 3. The average molecular weight is 339 g/mol. The van der Waals surface area contributed by atoms with E-state index in [1.54, 1.807) is 0 Å². The molecule has 3 N–H and O–H groups in total. The number of carbonyl (C=O) groups is 1. The second-order valence-corrected chi connectivity index (χ2v) is 6.66. The minimum absolute atomic E-state index is 0.0154. The fourth-order valence-electron chi connectivity index (χ4n) is 3.06. The lowest BCUT2D eigenvalue weighted by Gasteiger charge is -2.22. The van der Waals surface area contributed by atoms with Crippen LogP contribution in [0.5, 0.6) is 0 Å². The van der Waals surface area contributed by atoms with Crippen molar-refractivity contribution in [3.8, 4) is 0 Å². The summed E-state index contributed by atoms with van der Waals surface area (Å²) in [5.41, 5.74) is 4.68. The molecular weight excluding hydrogens is 314 g/mol. The quantitative estimate of drug-likeness (QED) is 0.644. The smallest absolute Gasteiger partial charge is 0.225 e. The van der Waals surface area contributed by atoms with Crippen molar-refractivity contribution in [1.82, 2.24) is 25.5 Å². The number of benzene rings is 1. The lowest BCUT2D eigenvalue weighted by atomic mass is 9.98. The summed E-state index contributed by atoms with van der Waals surface area (Å²) >= 11 is 0. The molecule has 0 aliphatic carbocycles. The van der Waals surface area contributed by atoms with E-state index in [0.29, 0.717) is 6.42 Å². The first-order valence-corrected chi connectivity index (χ1v) is 8.74. The molecule has 0 bridgehead atoms. The number of fused-ring (bicyclic) bond motifs is 1. The first kappa shape index (κ1) is 17.2. The standard InChI is InChI=1S/C19H25N5O/c1-5-11(2)18(19-20-15-8-6-7-9-16(15)21-19)22-17(25)10-14-12(3)23-24-13(14)4/h6-9,11,18H,5,10H2,1-4H3,(H,20,21)(H,22,25)(H,23,24). The molecule has 3 rings (SSSR count). The third-order valence-corrected chi connectivity index (χ3v) is 4.85. The molecule has 6 nitrogen and oxygen atoms in total. The number of carbonyl (C=O) groups excluding carboxylic acids is 1. The lowest BCUT2D eigenvalue weighted by Crippen LogP contribution is -2.34. The lowest BCUT2D eigenvalue weighted by molar-refractivity contribution is -0.121. The Hall–Kier alpha value is -2.63. The summed E-state index contributed by atoms with van der Waals surface area (Å²) in [6.45, 7) is 8.11. The second kappa shape index (κ2) is 7.09. The highest BCUT2D eigenvalue weighted by Crippen LogP contribution is 2.25. The van der Waals surface area contributed by atoms with Gasteiger partial charge in [-0.2, -0.15) is 5.10 Å². The summed E-state index contributed by atoms with van der Waals surface area (Å²) in [7, 11) is 0. The van der Waals surface area contributed by atoms with Crippen LogP contribution in [0, 0.1) is 19.8 Å². The first-order valence-electron chi connectivity index (χ1n) is 8.74. The molecule has 0 spiro atoms. The molecule has 3 aromatic rings. The zero-order valence-corrected chi connectivity index (χ0v) is 15.2. The number of rotatable bonds is 6. The molecule has 2 aromatic heterocycles. The highest BCUT2D eigenvalue weighted by atomic mass is 16.1. The minimum Gasteiger partial charge on any atom is -0.346 e. The number of hydrogen-bond donors (Lipinski definition) is 3. The Kier molecular flexibility index (Phi) is 4.88. The van der Waals surface area contributed by atoms with Crippen molar-refractivity contribution >= 4 is 16.9 Å². The van der Waals surface area contributed by atoms with Crippen molar-refractivity contribution in [3.63, 3.8) is 0 Å². The van der Waals surface area contributed by atoms with Gasteiger partial charge in [0.15, 0.2) is 0 Å². The number of para-hydroxylation sites is 2. The topological polar surface area (TPSA) is 86.5 Å². The third kappa shape index (κ3) is 3.57. The summed E-state index contributed by atoms with van der Waals surface area (Å²) in [4.78, 5) is 20.7. The van der Waals surface area contributed by atoms with E-state index in [4.69, 9.17) is 0 Å². The van der Waals surface area contributed by atoms with Crippen molar-refractivity contribution in [2.24, 2.45) is 5.92 Å². The van der Waals surface area contributed by atoms with E-state index >= 15 is 0 Å². The van der Waals surface area contributed by atoms with Crippen LogP contribution in [0.15, 0.2) is 24.3 Å². The molecule has 6 heteroatoms. The van der Waals surface area contributed by atoms with Gasteiger partial charge in [0, 0.05) is 11.3 Å². The molecule has 0 saturated heterocycles. The van der Waals surface area contributed by atoms with Crippen molar-refractivity contribution in [2.75, 3.05) is 0 Å². The number of aryl methyl sites for hydroxylation is 2. The first-order chi connectivity index (χ1) is 12.0. The predicted molar refractivity (Wildman–Crippen MR) is 98.2 cm³/mol. The number of aromatic amines is 2. The molecule has 2 unspecified atom stereocenters. The van der Waals surface area contributed by atoms with Gasteiger partial charge in [-0.15, -0.1) is 0 Å². The number of nitrogens with one attached hydrogen (secondary N) is 3. The van der Waals surface area contributed by atoms with Gasteiger partial charge < -0.3 is 10.3 Å². The number of nitrogens with zero attached hydrogens (tertiary/aromatic N) is 2. The Labute approximate surface area is 147 Å². The Morgan fingerprint density at radius 1 is 1.28 bits per heavy atom. The molecule has 0 aliphatic heterocycles. The molecule has 1 aromatic carbocycles. The van der Waals surface area contributed by atoms with Crippen LogP contribution in [0.3, 0.4) is 0 Å². The van der Waals surface area contributed by atoms with Crippen LogP contribution in [0.1, 0.15) is 49.1 Å². The molecule has 2 heterocycles. The van der Waals surface area contributed by atoms with E-state index < -0.39 is 0 Å². The van der Waals surface area contributed by atoms with Gasteiger partial charge in [0.2, 0.25) is 5.91 Å². The zero-order valence-electron chi connectivity index (χ0n) is 15.2. The Balaban J connectivity index is 1.82. The molecule has 0 radical (unpaired) electrons. The molecule has 0 fully saturated rings. The summed E-state index contributed by atoms with van der Waals surface area (Å²) in [6, 6.07) is 7.78. The maximum atomic E-state index is 12.6. The molecule has 0 aliphatic rings. The average Bonchev–Trinajstić information content (AvgIpc) is 3.17. The van der Waals surface area contributed by atoms with E-state index in [0.717, 1.165) is 40.2 Å². The van der Waals surface area contributed by atoms with Crippen molar-refractivity contribution in [3.05, 3.63) is 47.0 Å². The van der Waals surface area contributed by atoms with E-state index in [9.17, 15) is 4.79 Å². The van der Waals surface area contributed by atoms with E-state index in [2.05, 4.69) is 39.3 Å². The summed E-state index contributed by atoms with van der Waals surface area (Å²) in [5.74, 6) is 1.07. The molecule has 132 valence electrons. The number of imidazole rings is 1. The minimum atomic E-state index is -0.141. The Morgan fingerprint density at radius 2 is 2.04 bits per heavy atom. The van der Waals surface area contributed by atoms with Crippen molar-refractivity contribution in [2.45, 2.75) is 46.6 Å². The van der Waals surface area contributed by atoms with Crippen LogP contribution in [0.2, 0.25) is 0 Å². The summed E-state index contributed by atoms with van der Waals surface area (Å²) in [5, 5.41) is 10.3. The van der Waals surface area contributed by atoms with Crippen molar-refractivity contribution in [1.29, 1.82) is 0 Å². The van der Waals surface area contributed by atoms with E-state index in [-0.39, 0.29) is 17.9 Å². The van der Waals surface area contributed by atoms with E-state index in [1.165, 1.54) is 0 Å². The van der Waals surface area contributed by atoms with Crippen LogP contribution >= 0.6 is 0 Å². The second-order valence-electron chi connectivity index (χ2n) is 6.66. The molecular formula is C19H25N5O. The van der Waals surface area contributed by atoms with Gasteiger partial charge in [-0.1, -0.05) is 32.4 Å². The van der Waals surface area contributed by atoms with Gasteiger partial charge in [0.25, 0.3) is 0 Å². The molecule has 2 atom stereocenters. The summed E-state index contributed by atoms with van der Waals surface area (Å²) < 4.78 is 0. The molecule has 0 saturated carbocycles. The van der Waals surface area contributed by atoms with Crippen LogP contribution in [-0.2, 0) is 11.2 Å². The largest absolute Gasteiger partial charge is 0.346 e. The SMILES string of the molecule is CCC(C)C(NC(=O)Cc1c(C)n[nH]c1C)c1nc2ccccc2[nH]1. The summed E-state index contributed by atoms with van der Waals surface area (Å²) in [6.07, 6.45) is 1.27. The van der Waals surface area contributed by atoms with Crippen LogP contribution < -0.4 is 5.32 Å².